The largest absolute Gasteiger partial charge is 0.412 e. The lowest BCUT2D eigenvalue weighted by Crippen LogP contribution is -2.44. The Labute approximate surface area is 217 Å². The summed E-state index contributed by atoms with van der Waals surface area (Å²) in [6, 6.07) is 16.8. The predicted molar refractivity (Wildman–Crippen MR) is 150 cm³/mol. The first-order chi connectivity index (χ1) is 15.4. The third kappa shape index (κ3) is 7.56. The van der Waals surface area contributed by atoms with Crippen molar-refractivity contribution < 1.29 is 9.53 Å². The van der Waals surface area contributed by atoms with Crippen LogP contribution in [-0.4, -0.2) is 51.8 Å². The van der Waals surface area contributed by atoms with Crippen LogP contribution >= 0.6 is 31.9 Å². The summed E-state index contributed by atoms with van der Waals surface area (Å²) < 4.78 is 8.75. The molecular weight excluding hydrogens is 560 g/mol. The second kappa shape index (κ2) is 11.3. The highest BCUT2D eigenvalue weighted by atomic mass is 79.9. The van der Waals surface area contributed by atoms with Crippen molar-refractivity contribution in [3.63, 3.8) is 0 Å². The number of rotatable bonds is 4. The van der Waals surface area contributed by atoms with Gasteiger partial charge in [-0.2, -0.15) is 0 Å². The first kappa shape index (κ1) is 26.7. The molecule has 182 valence electrons. The van der Waals surface area contributed by atoms with E-state index in [9.17, 15) is 5.11 Å². The Morgan fingerprint density at radius 1 is 0.818 bits per heavy atom. The van der Waals surface area contributed by atoms with Crippen molar-refractivity contribution in [2.24, 2.45) is 0 Å². The van der Waals surface area contributed by atoms with Gasteiger partial charge in [-0.1, -0.05) is 52.6 Å². The number of hydrogen-bond donors (Lipinski definition) is 1. The fourth-order valence-corrected chi connectivity index (χ4v) is 5.84. The van der Waals surface area contributed by atoms with E-state index in [0.29, 0.717) is 6.10 Å². The molecule has 1 N–H and O–H groups in total. The summed E-state index contributed by atoms with van der Waals surface area (Å²) in [5.74, 6) is 0. The maximum absolute atomic E-state index is 9.36. The molecule has 0 spiro atoms. The van der Waals surface area contributed by atoms with Crippen LogP contribution in [0.5, 0.6) is 0 Å². The van der Waals surface area contributed by atoms with Crippen LogP contribution in [0.2, 0.25) is 18.1 Å². The molecule has 0 radical (unpaired) electrons. The zero-order chi connectivity index (χ0) is 24.2. The van der Waals surface area contributed by atoms with Crippen LogP contribution in [0.3, 0.4) is 0 Å². The van der Waals surface area contributed by atoms with Gasteiger partial charge in [0, 0.05) is 46.5 Å². The molecule has 7 heteroatoms. The number of benzene rings is 2. The Kier molecular flexibility index (Phi) is 9.11. The van der Waals surface area contributed by atoms with Crippen molar-refractivity contribution in [2.75, 3.05) is 36.0 Å². The van der Waals surface area contributed by atoms with E-state index in [2.05, 4.69) is 112 Å². The molecule has 0 bridgehead atoms. The first-order valence-electron chi connectivity index (χ1n) is 11.8. The smallest absolute Gasteiger partial charge is 0.192 e. The number of nitrogens with zero attached hydrogens (tertiary/aromatic N) is 2. The van der Waals surface area contributed by atoms with Crippen molar-refractivity contribution >= 4 is 51.6 Å². The predicted octanol–water partition coefficient (Wildman–Crippen LogP) is 7.07. The monoisotopic (exact) mass is 596 g/mol. The van der Waals surface area contributed by atoms with Gasteiger partial charge in [-0.05, 0) is 79.5 Å². The summed E-state index contributed by atoms with van der Waals surface area (Å²) in [5, 5.41) is 9.65. The van der Waals surface area contributed by atoms with E-state index in [1.165, 1.54) is 11.4 Å². The van der Waals surface area contributed by atoms with Gasteiger partial charge in [-0.25, -0.2) is 0 Å². The molecule has 4 nitrogen and oxygen atoms in total. The van der Waals surface area contributed by atoms with E-state index in [1.807, 2.05) is 12.1 Å². The molecule has 0 saturated carbocycles. The Morgan fingerprint density at radius 3 is 1.70 bits per heavy atom. The van der Waals surface area contributed by atoms with Gasteiger partial charge in [0.2, 0.25) is 0 Å². The molecule has 2 atom stereocenters. The van der Waals surface area contributed by atoms with Gasteiger partial charge in [0.1, 0.15) is 0 Å². The molecule has 2 aliphatic rings. The standard InChI is InChI=1S/C16H26BrNOSi.C10H12BrNO/c1-16(2,3)20(4,5)19-15-10-11-18(12-15)14-8-6-13(17)7-9-14;11-8-1-3-9(4-2-8)12-6-5-10(13)7-12/h6-9,15H,10-12H2,1-5H3;1-4,10,13H,5-7H2/t15-;10-/m00/s1. The topological polar surface area (TPSA) is 35.9 Å². The number of hydrogen-bond acceptors (Lipinski definition) is 4. The quantitative estimate of drug-likeness (QED) is 0.382. The van der Waals surface area contributed by atoms with Crippen molar-refractivity contribution in [1.82, 2.24) is 0 Å². The van der Waals surface area contributed by atoms with Gasteiger partial charge < -0.3 is 19.3 Å². The minimum Gasteiger partial charge on any atom is -0.412 e. The van der Waals surface area contributed by atoms with Gasteiger partial charge in [-0.3, -0.25) is 0 Å². The maximum atomic E-state index is 9.36. The molecule has 0 aromatic heterocycles. The van der Waals surface area contributed by atoms with E-state index < -0.39 is 8.32 Å². The van der Waals surface area contributed by atoms with E-state index in [-0.39, 0.29) is 11.1 Å². The van der Waals surface area contributed by atoms with Crippen molar-refractivity contribution in [2.45, 2.75) is 64.0 Å². The highest BCUT2D eigenvalue weighted by Gasteiger charge is 2.40. The summed E-state index contributed by atoms with van der Waals surface area (Å²) in [4.78, 5) is 4.64. The van der Waals surface area contributed by atoms with Gasteiger partial charge in [0.15, 0.2) is 8.32 Å². The van der Waals surface area contributed by atoms with Crippen molar-refractivity contribution in [3.8, 4) is 0 Å². The molecule has 33 heavy (non-hydrogen) atoms. The second-order valence-electron chi connectivity index (χ2n) is 10.6. The summed E-state index contributed by atoms with van der Waals surface area (Å²) in [6.07, 6.45) is 2.27. The second-order valence-corrected chi connectivity index (χ2v) is 17.2. The average Bonchev–Trinajstić information content (AvgIpc) is 3.38. The third-order valence-corrected chi connectivity index (χ3v) is 12.6. The Balaban J connectivity index is 0.000000203. The lowest BCUT2D eigenvalue weighted by Gasteiger charge is -2.38. The normalized spacial score (nSPS) is 21.2. The zero-order valence-corrected chi connectivity index (χ0v) is 24.7. The molecule has 4 rings (SSSR count). The van der Waals surface area contributed by atoms with Gasteiger partial charge in [-0.15, -0.1) is 0 Å². The molecule has 0 amide bonds. The average molecular weight is 598 g/mol. The lowest BCUT2D eigenvalue weighted by atomic mass is 10.2. The Bertz CT molecular complexity index is 885. The molecule has 2 aliphatic heterocycles. The molecule has 0 aliphatic carbocycles. The van der Waals surface area contributed by atoms with E-state index in [4.69, 9.17) is 4.43 Å². The van der Waals surface area contributed by atoms with Crippen LogP contribution in [0.15, 0.2) is 57.5 Å². The number of halogens is 2. The lowest BCUT2D eigenvalue weighted by molar-refractivity contribution is 0.198. The van der Waals surface area contributed by atoms with Crippen molar-refractivity contribution in [3.05, 3.63) is 57.5 Å². The number of β-amino-alcohol motifs (C(OH)–C–C–N with tert-alkyl or cyclic N) is 1. The van der Waals surface area contributed by atoms with Crippen LogP contribution in [0.1, 0.15) is 33.6 Å². The number of anilines is 2. The van der Waals surface area contributed by atoms with Crippen LogP contribution in [-0.2, 0) is 4.43 Å². The summed E-state index contributed by atoms with van der Waals surface area (Å²) in [7, 11) is -1.64. The molecular formula is C26H38Br2N2O2Si. The summed E-state index contributed by atoms with van der Waals surface area (Å²) >= 11 is 6.89. The summed E-state index contributed by atoms with van der Waals surface area (Å²) in [5.41, 5.74) is 2.49. The maximum Gasteiger partial charge on any atom is 0.192 e. The first-order valence-corrected chi connectivity index (χ1v) is 16.3. The molecule has 2 aromatic rings. The molecule has 2 saturated heterocycles. The fraction of sp³-hybridized carbons (Fsp3) is 0.538. The SMILES string of the molecule is CC(C)(C)[Si](C)(C)O[C@H]1CCN(c2ccc(Br)cc2)C1.O[C@H]1CCN(c2ccc(Br)cc2)C1. The Morgan fingerprint density at radius 2 is 1.27 bits per heavy atom. The van der Waals surface area contributed by atoms with Crippen LogP contribution in [0.25, 0.3) is 0 Å². The van der Waals surface area contributed by atoms with Crippen LogP contribution < -0.4 is 9.80 Å². The molecule has 2 aromatic carbocycles. The van der Waals surface area contributed by atoms with Gasteiger partial charge in [0.25, 0.3) is 0 Å². The molecule has 2 heterocycles. The zero-order valence-electron chi connectivity index (χ0n) is 20.5. The van der Waals surface area contributed by atoms with E-state index >= 15 is 0 Å². The van der Waals surface area contributed by atoms with Gasteiger partial charge >= 0.3 is 0 Å². The number of aliphatic hydroxyl groups is 1. The number of aliphatic hydroxyl groups excluding tert-OH is 1. The highest BCUT2D eigenvalue weighted by Crippen LogP contribution is 2.38. The van der Waals surface area contributed by atoms with Crippen LogP contribution in [0.4, 0.5) is 11.4 Å². The van der Waals surface area contributed by atoms with Crippen LogP contribution in [0, 0.1) is 0 Å². The minimum atomic E-state index is -1.64. The van der Waals surface area contributed by atoms with E-state index in [1.54, 1.807) is 0 Å². The molecule has 0 unspecified atom stereocenters. The minimum absolute atomic E-state index is 0.149. The third-order valence-electron chi connectivity index (χ3n) is 6.96. The van der Waals surface area contributed by atoms with Crippen molar-refractivity contribution in [1.29, 1.82) is 0 Å². The molecule has 2 fully saturated rings. The highest BCUT2D eigenvalue weighted by molar-refractivity contribution is 9.10. The summed E-state index contributed by atoms with van der Waals surface area (Å²) in [6.45, 7) is 15.5. The van der Waals surface area contributed by atoms with E-state index in [0.717, 1.165) is 48.0 Å². The Hall–Kier alpha value is -0.863. The van der Waals surface area contributed by atoms with Gasteiger partial charge in [0.05, 0.1) is 12.2 Å². The fourth-order valence-electron chi connectivity index (χ4n) is 3.93.